The summed E-state index contributed by atoms with van der Waals surface area (Å²) in [5.74, 6) is 0.635. The molecule has 0 unspecified atom stereocenters. The van der Waals surface area contributed by atoms with Crippen LogP contribution in [0.5, 0.6) is 5.75 Å². The molecule has 0 aliphatic heterocycles. The zero-order valence-corrected chi connectivity index (χ0v) is 15.1. The van der Waals surface area contributed by atoms with Gasteiger partial charge in [-0.1, -0.05) is 53.7 Å². The molecule has 1 fully saturated rings. The zero-order valence-electron chi connectivity index (χ0n) is 15.1. The lowest BCUT2D eigenvalue weighted by Gasteiger charge is -2.12. The van der Waals surface area contributed by atoms with Crippen molar-refractivity contribution in [2.45, 2.75) is 18.8 Å². The Bertz CT molecular complexity index is 980. The molecule has 1 aliphatic rings. The summed E-state index contributed by atoms with van der Waals surface area (Å²) in [6, 6.07) is 18.8. The van der Waals surface area contributed by atoms with Crippen LogP contribution in [0.15, 0.2) is 65.2 Å². The van der Waals surface area contributed by atoms with Crippen molar-refractivity contribution in [3.63, 3.8) is 0 Å². The van der Waals surface area contributed by atoms with Crippen molar-refractivity contribution in [2.75, 3.05) is 6.61 Å². The fraction of sp³-hybridized carbons (Fsp3) is 0.190. The highest BCUT2D eigenvalue weighted by Crippen LogP contribution is 2.40. The number of hydrogen-bond donors (Lipinski definition) is 2. The average Bonchev–Trinajstić information content (AvgIpc) is 3.48. The van der Waals surface area contributed by atoms with E-state index in [1.54, 1.807) is 12.1 Å². The van der Waals surface area contributed by atoms with Crippen LogP contribution in [0.1, 0.15) is 35.0 Å². The maximum atomic E-state index is 12.0. The molecule has 0 saturated heterocycles. The third-order valence-electron chi connectivity index (χ3n) is 4.39. The second-order valence-corrected chi connectivity index (χ2v) is 6.54. The van der Waals surface area contributed by atoms with E-state index in [1.165, 1.54) is 0 Å². The van der Waals surface area contributed by atoms with Crippen molar-refractivity contribution in [2.24, 2.45) is 0 Å². The molecule has 1 aliphatic carbocycles. The SMILES string of the molecule is O=C(COc1ccccc1-c1ccccc1)NNC(=O)c1cc(C2CC2)on1. The zero-order chi connectivity index (χ0) is 19.3. The quantitative estimate of drug-likeness (QED) is 0.644. The number of nitrogens with one attached hydrogen (secondary N) is 2. The van der Waals surface area contributed by atoms with Crippen LogP contribution in [-0.4, -0.2) is 23.6 Å². The van der Waals surface area contributed by atoms with Gasteiger partial charge in [0, 0.05) is 17.5 Å². The van der Waals surface area contributed by atoms with E-state index in [9.17, 15) is 9.59 Å². The summed E-state index contributed by atoms with van der Waals surface area (Å²) in [5, 5.41) is 3.72. The Morgan fingerprint density at radius 2 is 1.79 bits per heavy atom. The molecule has 7 nitrogen and oxygen atoms in total. The number of hydrazine groups is 1. The minimum absolute atomic E-state index is 0.137. The van der Waals surface area contributed by atoms with Gasteiger partial charge >= 0.3 is 0 Å². The van der Waals surface area contributed by atoms with Crippen LogP contribution >= 0.6 is 0 Å². The van der Waals surface area contributed by atoms with Gasteiger partial charge in [-0.25, -0.2) is 0 Å². The molecule has 1 aromatic heterocycles. The van der Waals surface area contributed by atoms with E-state index in [0.29, 0.717) is 17.4 Å². The first-order valence-corrected chi connectivity index (χ1v) is 9.04. The fourth-order valence-corrected chi connectivity index (χ4v) is 2.78. The van der Waals surface area contributed by atoms with Crippen molar-refractivity contribution < 1.29 is 18.8 Å². The summed E-state index contributed by atoms with van der Waals surface area (Å²) < 4.78 is 10.8. The summed E-state index contributed by atoms with van der Waals surface area (Å²) in [7, 11) is 0. The summed E-state index contributed by atoms with van der Waals surface area (Å²) in [4.78, 5) is 24.1. The molecule has 3 aromatic rings. The Hall–Kier alpha value is -3.61. The largest absolute Gasteiger partial charge is 0.483 e. The van der Waals surface area contributed by atoms with Crippen LogP contribution in [-0.2, 0) is 4.79 Å². The van der Waals surface area contributed by atoms with Gasteiger partial charge in [0.2, 0.25) is 0 Å². The number of ether oxygens (including phenoxy) is 1. The molecule has 0 radical (unpaired) electrons. The van der Waals surface area contributed by atoms with E-state index in [1.807, 2.05) is 48.5 Å². The molecule has 1 heterocycles. The Balaban J connectivity index is 1.30. The first kappa shape index (κ1) is 17.8. The molecule has 28 heavy (non-hydrogen) atoms. The van der Waals surface area contributed by atoms with Crippen LogP contribution in [0.4, 0.5) is 0 Å². The lowest BCUT2D eigenvalue weighted by atomic mass is 10.1. The monoisotopic (exact) mass is 377 g/mol. The number of hydrogen-bond acceptors (Lipinski definition) is 5. The number of amides is 2. The Morgan fingerprint density at radius 3 is 2.57 bits per heavy atom. The number of para-hydroxylation sites is 1. The maximum absolute atomic E-state index is 12.0. The van der Waals surface area contributed by atoms with Crippen molar-refractivity contribution in [3.8, 4) is 16.9 Å². The molecule has 2 N–H and O–H groups in total. The first-order valence-electron chi connectivity index (χ1n) is 9.04. The Kier molecular flexibility index (Phi) is 5.05. The van der Waals surface area contributed by atoms with Crippen molar-refractivity contribution in [1.82, 2.24) is 16.0 Å². The number of carbonyl (C=O) groups excluding carboxylic acids is 2. The summed E-state index contributed by atoms with van der Waals surface area (Å²) >= 11 is 0. The predicted molar refractivity (Wildman–Crippen MR) is 101 cm³/mol. The lowest BCUT2D eigenvalue weighted by Crippen LogP contribution is -2.44. The summed E-state index contributed by atoms with van der Waals surface area (Å²) in [6.45, 7) is -0.240. The highest BCUT2D eigenvalue weighted by atomic mass is 16.5. The van der Waals surface area contributed by atoms with Crippen LogP contribution in [0.3, 0.4) is 0 Å². The van der Waals surface area contributed by atoms with E-state index in [2.05, 4.69) is 16.0 Å². The second kappa shape index (κ2) is 7.96. The molecule has 0 bridgehead atoms. The van der Waals surface area contributed by atoms with E-state index in [-0.39, 0.29) is 12.3 Å². The molecule has 2 amide bonds. The Morgan fingerprint density at radius 1 is 1.04 bits per heavy atom. The molecule has 2 aromatic carbocycles. The number of rotatable bonds is 6. The van der Waals surface area contributed by atoms with Crippen molar-refractivity contribution in [3.05, 3.63) is 72.1 Å². The van der Waals surface area contributed by atoms with Gasteiger partial charge in [0.05, 0.1) is 0 Å². The fourth-order valence-electron chi connectivity index (χ4n) is 2.78. The van der Waals surface area contributed by atoms with Crippen molar-refractivity contribution in [1.29, 1.82) is 0 Å². The smallest absolute Gasteiger partial charge is 0.291 e. The number of nitrogens with zero attached hydrogens (tertiary/aromatic N) is 1. The van der Waals surface area contributed by atoms with Gasteiger partial charge in [-0.2, -0.15) is 0 Å². The van der Waals surface area contributed by atoms with Crippen LogP contribution < -0.4 is 15.6 Å². The van der Waals surface area contributed by atoms with Gasteiger partial charge in [-0.15, -0.1) is 0 Å². The summed E-state index contributed by atoms with van der Waals surface area (Å²) in [5.41, 5.74) is 6.64. The molecule has 1 saturated carbocycles. The van der Waals surface area contributed by atoms with Crippen LogP contribution in [0, 0.1) is 0 Å². The van der Waals surface area contributed by atoms with Crippen LogP contribution in [0.25, 0.3) is 11.1 Å². The number of benzene rings is 2. The van der Waals surface area contributed by atoms with Gasteiger partial charge < -0.3 is 9.26 Å². The van der Waals surface area contributed by atoms with E-state index < -0.39 is 11.8 Å². The van der Waals surface area contributed by atoms with E-state index in [4.69, 9.17) is 9.26 Å². The minimum atomic E-state index is -0.534. The second-order valence-electron chi connectivity index (χ2n) is 6.54. The van der Waals surface area contributed by atoms with Gasteiger partial charge in [0.15, 0.2) is 12.3 Å². The molecule has 7 heteroatoms. The van der Waals surface area contributed by atoms with Crippen LogP contribution in [0.2, 0.25) is 0 Å². The van der Waals surface area contributed by atoms with E-state index in [0.717, 1.165) is 24.0 Å². The molecule has 0 spiro atoms. The lowest BCUT2D eigenvalue weighted by molar-refractivity contribution is -0.123. The molecular formula is C21H19N3O4. The molecule has 142 valence electrons. The number of carbonyl (C=O) groups is 2. The third kappa shape index (κ3) is 4.20. The van der Waals surface area contributed by atoms with E-state index >= 15 is 0 Å². The van der Waals surface area contributed by atoms with Gasteiger partial charge in [0.25, 0.3) is 11.8 Å². The molecule has 0 atom stereocenters. The van der Waals surface area contributed by atoms with Gasteiger partial charge in [-0.3, -0.25) is 20.4 Å². The topological polar surface area (TPSA) is 93.5 Å². The van der Waals surface area contributed by atoms with Crippen molar-refractivity contribution >= 4 is 11.8 Å². The normalized spacial score (nSPS) is 13.0. The van der Waals surface area contributed by atoms with Gasteiger partial charge in [0.1, 0.15) is 11.5 Å². The predicted octanol–water partition coefficient (Wildman–Crippen LogP) is 3.06. The molecular weight excluding hydrogens is 358 g/mol. The highest BCUT2D eigenvalue weighted by Gasteiger charge is 2.28. The summed E-state index contributed by atoms with van der Waals surface area (Å²) in [6.07, 6.45) is 2.10. The average molecular weight is 377 g/mol. The molecule has 4 rings (SSSR count). The van der Waals surface area contributed by atoms with Gasteiger partial charge in [-0.05, 0) is 24.5 Å². The maximum Gasteiger partial charge on any atom is 0.291 e. The first-order chi connectivity index (χ1) is 13.7. The Labute approximate surface area is 161 Å². The minimum Gasteiger partial charge on any atom is -0.483 e. The standard InChI is InChI=1S/C21H19N3O4/c25-20(22-23-21(26)17-12-19(28-24-17)15-10-11-15)13-27-18-9-5-4-8-16(18)14-6-2-1-3-7-14/h1-9,12,15H,10-11,13H2,(H,22,25)(H,23,26). The highest BCUT2D eigenvalue weighted by molar-refractivity contribution is 5.93. The third-order valence-corrected chi connectivity index (χ3v) is 4.39. The number of aromatic nitrogens is 1.